The number of hydrogen-bond acceptors (Lipinski definition) is 4. The van der Waals surface area contributed by atoms with Crippen LogP contribution >= 0.6 is 0 Å². The summed E-state index contributed by atoms with van der Waals surface area (Å²) in [6.07, 6.45) is 3.27. The first kappa shape index (κ1) is 13.9. The highest BCUT2D eigenvalue weighted by molar-refractivity contribution is 7.88. The van der Waals surface area contributed by atoms with Gasteiger partial charge in [-0.15, -0.1) is 0 Å². The van der Waals surface area contributed by atoms with Gasteiger partial charge >= 0.3 is 0 Å². The van der Waals surface area contributed by atoms with Crippen LogP contribution in [0.4, 0.5) is 0 Å². The largest absolute Gasteiger partial charge is 0.388 e. The van der Waals surface area contributed by atoms with Gasteiger partial charge in [0.1, 0.15) is 0 Å². The average Bonchev–Trinajstić information content (AvgIpc) is 2.17. The number of nitrogens with one attached hydrogen (secondary N) is 1. The Labute approximate surface area is 97.9 Å². The van der Waals surface area contributed by atoms with Gasteiger partial charge in [0.15, 0.2) is 0 Å². The van der Waals surface area contributed by atoms with Gasteiger partial charge in [-0.25, -0.2) is 12.7 Å². The monoisotopic (exact) mass is 250 g/mol. The first-order valence-corrected chi connectivity index (χ1v) is 7.60. The molecular formula is C10H22N2O3S. The molecule has 2 N–H and O–H groups in total. The fourth-order valence-electron chi connectivity index (χ4n) is 1.91. The summed E-state index contributed by atoms with van der Waals surface area (Å²) in [5, 5.41) is 13.4. The van der Waals surface area contributed by atoms with Gasteiger partial charge in [0.25, 0.3) is 0 Å². The molecule has 1 saturated heterocycles. The second-order valence-corrected chi connectivity index (χ2v) is 6.55. The molecule has 6 heteroatoms. The summed E-state index contributed by atoms with van der Waals surface area (Å²) in [5.41, 5.74) is -0.740. The molecule has 0 amide bonds. The van der Waals surface area contributed by atoms with Crippen molar-refractivity contribution in [1.82, 2.24) is 9.62 Å². The third-order valence-electron chi connectivity index (χ3n) is 3.00. The molecule has 1 heterocycles. The molecule has 0 aromatic rings. The molecule has 0 saturated carbocycles. The van der Waals surface area contributed by atoms with Gasteiger partial charge in [0.05, 0.1) is 11.9 Å². The quantitative estimate of drug-likeness (QED) is 0.662. The van der Waals surface area contributed by atoms with Gasteiger partial charge in [0, 0.05) is 19.6 Å². The molecule has 0 unspecified atom stereocenters. The van der Waals surface area contributed by atoms with E-state index in [4.69, 9.17) is 0 Å². The summed E-state index contributed by atoms with van der Waals surface area (Å²) >= 11 is 0. The molecule has 1 fully saturated rings. The van der Waals surface area contributed by atoms with Gasteiger partial charge in [0.2, 0.25) is 10.0 Å². The van der Waals surface area contributed by atoms with Gasteiger partial charge in [-0.2, -0.15) is 0 Å². The Kier molecular flexibility index (Phi) is 4.73. The highest BCUT2D eigenvalue weighted by atomic mass is 32.2. The number of aliphatic hydroxyl groups is 1. The molecule has 1 rings (SSSR count). The Morgan fingerprint density at radius 2 is 1.94 bits per heavy atom. The SMILES string of the molecule is CCCNCC1(O)CCN(S(C)(=O)=O)CC1. The van der Waals surface area contributed by atoms with E-state index in [2.05, 4.69) is 12.2 Å². The zero-order valence-electron chi connectivity index (χ0n) is 10.1. The van der Waals surface area contributed by atoms with Gasteiger partial charge in [-0.3, -0.25) is 0 Å². The standard InChI is InChI=1S/C10H22N2O3S/c1-3-6-11-9-10(13)4-7-12(8-5-10)16(2,14)15/h11,13H,3-9H2,1-2H3. The number of nitrogens with zero attached hydrogens (tertiary/aromatic N) is 1. The van der Waals surface area contributed by atoms with E-state index in [9.17, 15) is 13.5 Å². The van der Waals surface area contributed by atoms with Crippen LogP contribution in [0.25, 0.3) is 0 Å². The predicted octanol–water partition coefficient (Wildman–Crippen LogP) is -0.227. The Bertz CT molecular complexity index is 308. The maximum Gasteiger partial charge on any atom is 0.211 e. The molecule has 0 spiro atoms. The number of piperidine rings is 1. The predicted molar refractivity (Wildman–Crippen MR) is 63.8 cm³/mol. The highest BCUT2D eigenvalue weighted by Crippen LogP contribution is 2.22. The van der Waals surface area contributed by atoms with E-state index in [1.807, 2.05) is 0 Å². The van der Waals surface area contributed by atoms with E-state index in [0.717, 1.165) is 13.0 Å². The van der Waals surface area contributed by atoms with E-state index in [0.29, 0.717) is 32.5 Å². The maximum atomic E-state index is 11.3. The molecule has 0 aromatic heterocycles. The summed E-state index contributed by atoms with van der Waals surface area (Å²) in [4.78, 5) is 0. The minimum atomic E-state index is -3.10. The van der Waals surface area contributed by atoms with Crippen molar-refractivity contribution >= 4 is 10.0 Å². The minimum Gasteiger partial charge on any atom is -0.388 e. The fraction of sp³-hybridized carbons (Fsp3) is 1.00. The number of hydrogen-bond donors (Lipinski definition) is 2. The minimum absolute atomic E-state index is 0.420. The number of rotatable bonds is 5. The van der Waals surface area contributed by atoms with Gasteiger partial charge < -0.3 is 10.4 Å². The lowest BCUT2D eigenvalue weighted by atomic mass is 9.92. The van der Waals surface area contributed by atoms with Gasteiger partial charge in [-0.05, 0) is 25.8 Å². The zero-order chi connectivity index (χ0) is 12.2. The first-order chi connectivity index (χ1) is 7.37. The molecular weight excluding hydrogens is 228 g/mol. The molecule has 5 nitrogen and oxygen atoms in total. The summed E-state index contributed by atoms with van der Waals surface area (Å²) in [5.74, 6) is 0. The summed E-state index contributed by atoms with van der Waals surface area (Å²) in [7, 11) is -3.10. The molecule has 0 aromatic carbocycles. The molecule has 0 radical (unpaired) electrons. The normalized spacial score (nSPS) is 22.2. The van der Waals surface area contributed by atoms with Crippen LogP contribution in [-0.2, 0) is 10.0 Å². The lowest BCUT2D eigenvalue weighted by Gasteiger charge is -2.37. The van der Waals surface area contributed by atoms with Crippen molar-refractivity contribution in [3.8, 4) is 0 Å². The Hall–Kier alpha value is -0.170. The van der Waals surface area contributed by atoms with Crippen LogP contribution < -0.4 is 5.32 Å². The summed E-state index contributed by atoms with van der Waals surface area (Å²) < 4.78 is 24.0. The van der Waals surface area contributed by atoms with E-state index >= 15 is 0 Å². The smallest absolute Gasteiger partial charge is 0.211 e. The van der Waals surface area contributed by atoms with Crippen molar-refractivity contribution in [2.75, 3.05) is 32.4 Å². The van der Waals surface area contributed by atoms with E-state index in [1.54, 1.807) is 0 Å². The lowest BCUT2D eigenvalue weighted by Crippen LogP contribution is -2.51. The molecule has 0 bridgehead atoms. The van der Waals surface area contributed by atoms with E-state index in [-0.39, 0.29) is 0 Å². The van der Waals surface area contributed by atoms with Crippen molar-refractivity contribution in [3.05, 3.63) is 0 Å². The van der Waals surface area contributed by atoms with Crippen LogP contribution in [0.3, 0.4) is 0 Å². The van der Waals surface area contributed by atoms with Crippen LogP contribution in [0.5, 0.6) is 0 Å². The summed E-state index contributed by atoms with van der Waals surface area (Å²) in [6.45, 7) is 4.35. The molecule has 1 aliphatic rings. The third-order valence-corrected chi connectivity index (χ3v) is 4.31. The van der Waals surface area contributed by atoms with Crippen molar-refractivity contribution in [2.45, 2.75) is 31.8 Å². The molecule has 1 aliphatic heterocycles. The molecule has 0 atom stereocenters. The Morgan fingerprint density at radius 1 is 1.38 bits per heavy atom. The van der Waals surface area contributed by atoms with E-state index < -0.39 is 15.6 Å². The average molecular weight is 250 g/mol. The van der Waals surface area contributed by atoms with E-state index in [1.165, 1.54) is 10.6 Å². The molecule has 0 aliphatic carbocycles. The van der Waals surface area contributed by atoms with Crippen LogP contribution in [-0.4, -0.2) is 55.9 Å². The highest BCUT2D eigenvalue weighted by Gasteiger charge is 2.34. The van der Waals surface area contributed by atoms with Crippen molar-refractivity contribution in [3.63, 3.8) is 0 Å². The second kappa shape index (κ2) is 5.44. The van der Waals surface area contributed by atoms with Crippen LogP contribution in [0.15, 0.2) is 0 Å². The van der Waals surface area contributed by atoms with Crippen LogP contribution in [0.2, 0.25) is 0 Å². The topological polar surface area (TPSA) is 69.6 Å². The zero-order valence-corrected chi connectivity index (χ0v) is 10.9. The summed E-state index contributed by atoms with van der Waals surface area (Å²) in [6, 6.07) is 0. The van der Waals surface area contributed by atoms with Gasteiger partial charge in [-0.1, -0.05) is 6.92 Å². The lowest BCUT2D eigenvalue weighted by molar-refractivity contribution is -0.00355. The fourth-order valence-corrected chi connectivity index (χ4v) is 2.75. The van der Waals surface area contributed by atoms with Crippen LogP contribution in [0, 0.1) is 0 Å². The van der Waals surface area contributed by atoms with Crippen molar-refractivity contribution in [2.24, 2.45) is 0 Å². The Morgan fingerprint density at radius 3 is 2.38 bits per heavy atom. The van der Waals surface area contributed by atoms with Crippen molar-refractivity contribution < 1.29 is 13.5 Å². The second-order valence-electron chi connectivity index (χ2n) is 4.56. The van der Waals surface area contributed by atoms with Crippen LogP contribution in [0.1, 0.15) is 26.2 Å². The number of sulfonamides is 1. The third kappa shape index (κ3) is 4.01. The Balaban J connectivity index is 2.41. The first-order valence-electron chi connectivity index (χ1n) is 5.76. The molecule has 96 valence electrons. The molecule has 16 heavy (non-hydrogen) atoms. The maximum absolute atomic E-state index is 11.3. The van der Waals surface area contributed by atoms with Crippen molar-refractivity contribution in [1.29, 1.82) is 0 Å².